The van der Waals surface area contributed by atoms with Crippen molar-refractivity contribution in [3.63, 3.8) is 0 Å². The molecule has 2 aliphatic rings. The maximum absolute atomic E-state index is 5.97. The maximum atomic E-state index is 5.97. The minimum absolute atomic E-state index is 0.575. The molecule has 2 N–H and O–H groups in total. The largest absolute Gasteiger partial charge is 0.353 e. The number of rotatable bonds is 4. The quantitative estimate of drug-likeness (QED) is 0.915. The van der Waals surface area contributed by atoms with Gasteiger partial charge < -0.3 is 10.6 Å². The van der Waals surface area contributed by atoms with Crippen LogP contribution in [0.25, 0.3) is 0 Å². The van der Waals surface area contributed by atoms with E-state index in [1.165, 1.54) is 49.2 Å². The van der Waals surface area contributed by atoms with E-state index in [4.69, 9.17) is 5.73 Å². The molecule has 1 fully saturated rings. The van der Waals surface area contributed by atoms with Crippen LogP contribution in [0.1, 0.15) is 50.3 Å². The first-order chi connectivity index (χ1) is 9.85. The average Bonchev–Trinajstić information content (AvgIpc) is 2.97. The highest BCUT2D eigenvalue weighted by molar-refractivity contribution is 5.50. The zero-order valence-electron chi connectivity index (χ0n) is 12.5. The van der Waals surface area contributed by atoms with Crippen molar-refractivity contribution in [3.05, 3.63) is 17.6 Å². The van der Waals surface area contributed by atoms with E-state index >= 15 is 0 Å². The molecule has 0 aromatic carbocycles. The Hall–Kier alpha value is -1.16. The second-order valence-corrected chi connectivity index (χ2v) is 6.11. The van der Waals surface area contributed by atoms with Gasteiger partial charge in [-0.05, 0) is 57.9 Å². The summed E-state index contributed by atoms with van der Waals surface area (Å²) in [4.78, 5) is 11.7. The van der Waals surface area contributed by atoms with Crippen molar-refractivity contribution >= 4 is 5.82 Å². The third-order valence-corrected chi connectivity index (χ3v) is 5.04. The molecular formula is C16H26N4. The van der Waals surface area contributed by atoms with Gasteiger partial charge in [0.2, 0.25) is 0 Å². The van der Waals surface area contributed by atoms with E-state index < -0.39 is 0 Å². The van der Waals surface area contributed by atoms with Gasteiger partial charge in [-0.15, -0.1) is 0 Å². The molecule has 4 heteroatoms. The second-order valence-electron chi connectivity index (χ2n) is 6.11. The van der Waals surface area contributed by atoms with Crippen molar-refractivity contribution < 1.29 is 0 Å². The van der Waals surface area contributed by atoms with Gasteiger partial charge in [-0.1, -0.05) is 6.42 Å². The lowest BCUT2D eigenvalue weighted by atomic mass is 9.95. The number of aryl methyl sites for hydroxylation is 1. The summed E-state index contributed by atoms with van der Waals surface area (Å²) in [6, 6.07) is 0.575. The first-order valence-electron chi connectivity index (χ1n) is 8.14. The lowest BCUT2D eigenvalue weighted by Gasteiger charge is -2.35. The summed E-state index contributed by atoms with van der Waals surface area (Å²) in [5.41, 5.74) is 8.66. The number of nitrogens with two attached hydrogens (primary N) is 1. The van der Waals surface area contributed by atoms with Crippen molar-refractivity contribution in [1.82, 2.24) is 9.97 Å². The number of anilines is 1. The molecule has 1 aromatic rings. The molecule has 2 aliphatic carbocycles. The summed E-state index contributed by atoms with van der Waals surface area (Å²) in [5.74, 6) is 1.83. The maximum Gasteiger partial charge on any atom is 0.135 e. The van der Waals surface area contributed by atoms with Crippen LogP contribution < -0.4 is 10.6 Å². The van der Waals surface area contributed by atoms with Crippen LogP contribution in [0.4, 0.5) is 5.82 Å². The lowest BCUT2D eigenvalue weighted by molar-refractivity contribution is 0.457. The minimum Gasteiger partial charge on any atom is -0.353 e. The highest BCUT2D eigenvalue weighted by Crippen LogP contribution is 2.35. The highest BCUT2D eigenvalue weighted by atomic mass is 15.2. The third kappa shape index (κ3) is 2.41. The summed E-state index contributed by atoms with van der Waals surface area (Å²) < 4.78 is 0. The van der Waals surface area contributed by atoms with Crippen LogP contribution in [0.15, 0.2) is 6.33 Å². The molecule has 0 bridgehead atoms. The second kappa shape index (κ2) is 6.08. The monoisotopic (exact) mass is 274 g/mol. The normalized spacial score (nSPS) is 25.5. The fraction of sp³-hybridized carbons (Fsp3) is 0.750. The predicted octanol–water partition coefficient (Wildman–Crippen LogP) is 2.31. The molecule has 0 aliphatic heterocycles. The van der Waals surface area contributed by atoms with Gasteiger partial charge in [0.05, 0.1) is 0 Å². The van der Waals surface area contributed by atoms with Gasteiger partial charge in [-0.25, -0.2) is 9.97 Å². The van der Waals surface area contributed by atoms with E-state index in [-0.39, 0.29) is 0 Å². The number of hydrogen-bond donors (Lipinski definition) is 1. The number of aromatic nitrogens is 2. The zero-order chi connectivity index (χ0) is 13.9. The molecule has 110 valence electrons. The Balaban J connectivity index is 1.93. The Morgan fingerprint density at radius 2 is 2.05 bits per heavy atom. The Kier molecular flexibility index (Phi) is 4.20. The molecule has 1 heterocycles. The highest BCUT2D eigenvalue weighted by Gasteiger charge is 2.32. The van der Waals surface area contributed by atoms with E-state index in [0.29, 0.717) is 12.0 Å². The molecule has 3 rings (SSSR count). The van der Waals surface area contributed by atoms with E-state index in [0.717, 1.165) is 25.9 Å². The molecule has 0 radical (unpaired) electrons. The Bertz CT molecular complexity index is 460. The minimum atomic E-state index is 0.575. The van der Waals surface area contributed by atoms with E-state index in [1.807, 2.05) is 0 Å². The van der Waals surface area contributed by atoms with Gasteiger partial charge in [0, 0.05) is 23.8 Å². The summed E-state index contributed by atoms with van der Waals surface area (Å²) in [6.45, 7) is 4.06. The molecule has 0 saturated heterocycles. The van der Waals surface area contributed by atoms with Gasteiger partial charge in [0.25, 0.3) is 0 Å². The van der Waals surface area contributed by atoms with E-state index in [1.54, 1.807) is 6.33 Å². The molecule has 2 unspecified atom stereocenters. The fourth-order valence-corrected chi connectivity index (χ4v) is 4.00. The van der Waals surface area contributed by atoms with Gasteiger partial charge in [-0.2, -0.15) is 0 Å². The van der Waals surface area contributed by atoms with Gasteiger partial charge >= 0.3 is 0 Å². The molecular weight excluding hydrogens is 248 g/mol. The molecule has 0 amide bonds. The fourth-order valence-electron chi connectivity index (χ4n) is 4.00. The topological polar surface area (TPSA) is 55.0 Å². The Labute approximate surface area is 121 Å². The van der Waals surface area contributed by atoms with Crippen LogP contribution in [0, 0.1) is 5.92 Å². The van der Waals surface area contributed by atoms with Gasteiger partial charge in [0.1, 0.15) is 12.1 Å². The Morgan fingerprint density at radius 3 is 2.85 bits per heavy atom. The third-order valence-electron chi connectivity index (χ3n) is 5.04. The van der Waals surface area contributed by atoms with Crippen LogP contribution in [0.3, 0.4) is 0 Å². The van der Waals surface area contributed by atoms with Crippen LogP contribution in [0.2, 0.25) is 0 Å². The first-order valence-corrected chi connectivity index (χ1v) is 8.14. The first kappa shape index (κ1) is 13.8. The van der Waals surface area contributed by atoms with Crippen molar-refractivity contribution in [1.29, 1.82) is 0 Å². The van der Waals surface area contributed by atoms with Crippen LogP contribution in [-0.2, 0) is 12.8 Å². The number of fused-ring (bicyclic) bond motifs is 1. The van der Waals surface area contributed by atoms with Crippen LogP contribution in [0.5, 0.6) is 0 Å². The SMILES string of the molecule is CCN(c1ncnc2c1CCCC2)C1CCCC1CN. The van der Waals surface area contributed by atoms with Gasteiger partial charge in [-0.3, -0.25) is 0 Å². The average molecular weight is 274 g/mol. The van der Waals surface area contributed by atoms with Crippen molar-refractivity contribution in [2.24, 2.45) is 11.7 Å². The smallest absolute Gasteiger partial charge is 0.135 e. The molecule has 0 spiro atoms. The molecule has 20 heavy (non-hydrogen) atoms. The lowest BCUT2D eigenvalue weighted by Crippen LogP contribution is -2.41. The standard InChI is InChI=1S/C16H26N4/c1-2-20(15-9-5-6-12(15)10-17)16-13-7-3-4-8-14(13)18-11-19-16/h11-12,15H,2-10,17H2,1H3. The molecule has 4 nitrogen and oxygen atoms in total. The van der Waals surface area contributed by atoms with E-state index in [9.17, 15) is 0 Å². The van der Waals surface area contributed by atoms with Crippen molar-refractivity contribution in [2.75, 3.05) is 18.0 Å². The predicted molar refractivity (Wildman–Crippen MR) is 81.9 cm³/mol. The summed E-state index contributed by atoms with van der Waals surface area (Å²) in [5, 5.41) is 0. The van der Waals surface area contributed by atoms with Crippen LogP contribution in [-0.4, -0.2) is 29.1 Å². The molecule has 1 aromatic heterocycles. The molecule has 1 saturated carbocycles. The summed E-state index contributed by atoms with van der Waals surface area (Å²) in [6.07, 6.45) is 10.4. The van der Waals surface area contributed by atoms with Gasteiger partial charge in [0.15, 0.2) is 0 Å². The summed E-state index contributed by atoms with van der Waals surface area (Å²) in [7, 11) is 0. The Morgan fingerprint density at radius 1 is 1.20 bits per heavy atom. The van der Waals surface area contributed by atoms with Crippen molar-refractivity contribution in [2.45, 2.75) is 57.9 Å². The number of nitrogens with zero attached hydrogens (tertiary/aromatic N) is 3. The zero-order valence-corrected chi connectivity index (χ0v) is 12.5. The summed E-state index contributed by atoms with van der Waals surface area (Å²) >= 11 is 0. The van der Waals surface area contributed by atoms with Crippen LogP contribution >= 0.6 is 0 Å². The number of hydrogen-bond acceptors (Lipinski definition) is 4. The van der Waals surface area contributed by atoms with Crippen molar-refractivity contribution in [3.8, 4) is 0 Å². The van der Waals surface area contributed by atoms with E-state index in [2.05, 4.69) is 21.8 Å². The molecule has 2 atom stereocenters.